The maximum atomic E-state index is 15.9. The first kappa shape index (κ1) is 38.1. The zero-order valence-electron chi connectivity index (χ0n) is 28.9. The topological polar surface area (TPSA) is 207 Å². The summed E-state index contributed by atoms with van der Waals surface area (Å²) in [4.78, 5) is 68.4. The van der Waals surface area contributed by atoms with Gasteiger partial charge in [-0.05, 0) is 75.5 Å². The fourth-order valence-corrected chi connectivity index (χ4v) is 9.47. The number of alkyl halides is 1. The van der Waals surface area contributed by atoms with Gasteiger partial charge in [-0.25, -0.2) is 9.18 Å². The van der Waals surface area contributed by atoms with Gasteiger partial charge < -0.3 is 29.4 Å². The number of ether oxygens (including phenoxy) is 4. The summed E-state index contributed by atoms with van der Waals surface area (Å²) in [6.45, 7) is 7.22. The number of halogens is 1. The normalized spacial score (nSPS) is 37.2. The second kappa shape index (κ2) is 14.1. The minimum Gasteiger partial charge on any atom is -0.464 e. The Bertz CT molecular complexity index is 1450. The fourth-order valence-electron chi connectivity index (χ4n) is 9.47. The lowest BCUT2D eigenvalue weighted by Gasteiger charge is -2.60. The van der Waals surface area contributed by atoms with Crippen molar-refractivity contribution in [3.05, 3.63) is 23.8 Å². The highest BCUT2D eigenvalue weighted by Crippen LogP contribution is 2.70. The van der Waals surface area contributed by atoms with Gasteiger partial charge in [-0.15, -0.1) is 0 Å². The number of nitrogens with one attached hydrogen (secondary N) is 1. The van der Waals surface area contributed by atoms with Crippen LogP contribution in [0.5, 0.6) is 0 Å². The lowest BCUT2D eigenvalue weighted by atomic mass is 9.46. The number of amides is 1. The standard InChI is InChI=1S/C34H47FN2O13/c1-18(38)36-24(30(43)46-10-6-7-11-48-37(44)45)15-28(42)47-17-26(41)34-27(49-31(2,3)50-34)14-21-20-13-23(35)22-12-19(39)8-9-32(22,4)29(20)25(40)16-33(21,34)5/h8-9,12,20-21,23-25,27,29,40,44-45H,6-7,10-11,13-17H2,1-5H3,(H,36,38)/t20-,21?,23?,24?,25-,27+,29?,32-,33-,34+/m0/s1. The molecule has 1 aliphatic heterocycles. The number of rotatable bonds is 13. The zero-order chi connectivity index (χ0) is 36.8. The summed E-state index contributed by atoms with van der Waals surface area (Å²) in [5.41, 5.74) is -3.26. The molecule has 0 radical (unpaired) electrons. The number of carbonyl (C=O) groups is 5. The molecule has 0 aromatic heterocycles. The van der Waals surface area contributed by atoms with Gasteiger partial charge >= 0.3 is 11.9 Å². The summed E-state index contributed by atoms with van der Waals surface area (Å²) in [6.07, 6.45) is 1.66. The monoisotopic (exact) mass is 710 g/mol. The molecule has 4 aliphatic carbocycles. The molecule has 4 N–H and O–H groups in total. The smallest absolute Gasteiger partial charge is 0.329 e. The van der Waals surface area contributed by atoms with Crippen LogP contribution in [0.3, 0.4) is 0 Å². The van der Waals surface area contributed by atoms with E-state index in [1.165, 1.54) is 12.2 Å². The number of hydrogen-bond donors (Lipinski definition) is 4. The molecule has 1 heterocycles. The molecule has 278 valence electrons. The Morgan fingerprint density at radius 3 is 2.48 bits per heavy atom. The van der Waals surface area contributed by atoms with Gasteiger partial charge in [0, 0.05) is 23.7 Å². The Morgan fingerprint density at radius 1 is 1.10 bits per heavy atom. The van der Waals surface area contributed by atoms with E-state index in [9.17, 15) is 29.1 Å². The van der Waals surface area contributed by atoms with E-state index in [0.717, 1.165) is 6.92 Å². The number of ketones is 2. The van der Waals surface area contributed by atoms with Gasteiger partial charge in [0.2, 0.25) is 11.7 Å². The number of aliphatic hydroxyl groups is 1. The zero-order valence-corrected chi connectivity index (χ0v) is 28.9. The summed E-state index contributed by atoms with van der Waals surface area (Å²) < 4.78 is 39.2. The first-order chi connectivity index (χ1) is 23.3. The molecular weight excluding hydrogens is 663 g/mol. The van der Waals surface area contributed by atoms with Crippen molar-refractivity contribution in [2.45, 2.75) is 109 Å². The Balaban J connectivity index is 1.30. The number of fused-ring (bicyclic) bond motifs is 7. The number of carbonyl (C=O) groups excluding carboxylic acids is 5. The van der Waals surface area contributed by atoms with Crippen LogP contribution in [0.2, 0.25) is 0 Å². The fraction of sp³-hybridized carbons (Fsp3) is 0.735. The predicted octanol–water partition coefficient (Wildman–Crippen LogP) is 2.06. The SMILES string of the molecule is CC(=O)NC(CC(=O)OCC(=O)[C@@]12OC(C)(C)O[C@@H]1CC1[C@@H]3CC(F)C4=CC(=O)C=C[C@]4(C)C3[C@@H](O)C[C@@]12C)C(=O)OCCCCON(O)O. The molecule has 3 saturated carbocycles. The van der Waals surface area contributed by atoms with Gasteiger partial charge in [0.15, 0.2) is 23.8 Å². The molecule has 4 unspecified atom stereocenters. The van der Waals surface area contributed by atoms with Crippen molar-refractivity contribution in [2.75, 3.05) is 19.8 Å². The van der Waals surface area contributed by atoms with Crippen LogP contribution in [0.25, 0.3) is 0 Å². The van der Waals surface area contributed by atoms with Gasteiger partial charge in [0.1, 0.15) is 12.2 Å². The second-order valence-electron chi connectivity index (χ2n) is 14.9. The summed E-state index contributed by atoms with van der Waals surface area (Å²) in [5.74, 6) is -5.74. The number of unbranched alkanes of at least 4 members (excludes halogenated alkanes) is 1. The highest BCUT2D eigenvalue weighted by molar-refractivity contribution is 6.01. The van der Waals surface area contributed by atoms with Crippen LogP contribution in [0.1, 0.15) is 73.1 Å². The third kappa shape index (κ3) is 6.90. The lowest BCUT2D eigenvalue weighted by molar-refractivity contribution is -0.492. The molecule has 5 aliphatic rings. The molecule has 10 atom stereocenters. The molecule has 4 fully saturated rings. The summed E-state index contributed by atoms with van der Waals surface area (Å²) in [7, 11) is 0. The second-order valence-corrected chi connectivity index (χ2v) is 14.9. The van der Waals surface area contributed by atoms with Crippen LogP contribution in [0.15, 0.2) is 23.8 Å². The Hall–Kier alpha value is -3.12. The molecule has 0 aromatic carbocycles. The van der Waals surface area contributed by atoms with Crippen molar-refractivity contribution < 1.29 is 67.7 Å². The highest BCUT2D eigenvalue weighted by atomic mass is 19.1. The van der Waals surface area contributed by atoms with Crippen molar-refractivity contribution >= 4 is 29.4 Å². The van der Waals surface area contributed by atoms with Gasteiger partial charge in [0.05, 0.1) is 37.2 Å². The largest absolute Gasteiger partial charge is 0.464 e. The Morgan fingerprint density at radius 2 is 1.80 bits per heavy atom. The molecule has 16 heteroatoms. The van der Waals surface area contributed by atoms with E-state index in [2.05, 4.69) is 10.2 Å². The molecule has 1 saturated heterocycles. The average molecular weight is 711 g/mol. The van der Waals surface area contributed by atoms with Crippen LogP contribution in [0.4, 0.5) is 4.39 Å². The first-order valence-corrected chi connectivity index (χ1v) is 16.9. The van der Waals surface area contributed by atoms with E-state index in [0.29, 0.717) is 18.4 Å². The minimum absolute atomic E-state index is 0.0538. The van der Waals surface area contributed by atoms with Crippen molar-refractivity contribution in [3.63, 3.8) is 0 Å². The van der Waals surface area contributed by atoms with Crippen molar-refractivity contribution in [3.8, 4) is 0 Å². The van der Waals surface area contributed by atoms with Crippen LogP contribution >= 0.6 is 0 Å². The number of aliphatic hydroxyl groups excluding tert-OH is 1. The molecule has 1 amide bonds. The van der Waals surface area contributed by atoms with Gasteiger partial charge in [0.25, 0.3) is 0 Å². The number of allylic oxidation sites excluding steroid dienone is 4. The number of nitrogens with zero attached hydrogens (tertiary/aromatic N) is 1. The highest BCUT2D eigenvalue weighted by Gasteiger charge is 2.77. The maximum absolute atomic E-state index is 15.9. The first-order valence-electron chi connectivity index (χ1n) is 16.9. The third-order valence-corrected chi connectivity index (χ3v) is 11.3. The van der Waals surface area contributed by atoms with Crippen LogP contribution in [-0.4, -0.2) is 106 Å². The van der Waals surface area contributed by atoms with E-state index >= 15 is 4.39 Å². The molecule has 0 aromatic rings. The average Bonchev–Trinajstić information content (AvgIpc) is 3.42. The van der Waals surface area contributed by atoms with Crippen molar-refractivity contribution in [1.82, 2.24) is 10.7 Å². The molecular formula is C34H47FN2O13. The van der Waals surface area contributed by atoms with Crippen LogP contribution in [-0.2, 0) is 47.8 Å². The summed E-state index contributed by atoms with van der Waals surface area (Å²) in [5, 5.41) is 30.8. The molecule has 15 nitrogen and oxygen atoms in total. The van der Waals surface area contributed by atoms with E-state index < -0.39 is 94.6 Å². The maximum Gasteiger partial charge on any atom is 0.329 e. The quantitative estimate of drug-likeness (QED) is 0.123. The van der Waals surface area contributed by atoms with Gasteiger partial charge in [-0.2, -0.15) is 0 Å². The van der Waals surface area contributed by atoms with Crippen LogP contribution in [0, 0.1) is 28.6 Å². The van der Waals surface area contributed by atoms with E-state index in [-0.39, 0.29) is 50.1 Å². The minimum atomic E-state index is -1.66. The van der Waals surface area contributed by atoms with E-state index in [1.807, 2.05) is 13.8 Å². The van der Waals surface area contributed by atoms with Crippen molar-refractivity contribution in [2.24, 2.45) is 28.6 Å². The predicted molar refractivity (Wildman–Crippen MR) is 166 cm³/mol. The molecule has 0 spiro atoms. The summed E-state index contributed by atoms with van der Waals surface area (Å²) >= 11 is 0. The van der Waals surface area contributed by atoms with E-state index in [4.69, 9.17) is 29.4 Å². The molecule has 5 rings (SSSR count). The number of esters is 2. The third-order valence-electron chi connectivity index (χ3n) is 11.3. The molecule has 50 heavy (non-hydrogen) atoms. The Labute approximate surface area is 288 Å². The number of Topliss-reactive ketones (excluding diaryl/α,β-unsaturated/α-hetero) is 1. The van der Waals surface area contributed by atoms with Crippen molar-refractivity contribution in [1.29, 1.82) is 0 Å². The van der Waals surface area contributed by atoms with Gasteiger partial charge in [-0.1, -0.05) is 19.9 Å². The summed E-state index contributed by atoms with van der Waals surface area (Å²) in [6, 6.07) is -1.41. The Kier molecular flexibility index (Phi) is 10.8. The van der Waals surface area contributed by atoms with E-state index in [1.54, 1.807) is 19.9 Å². The van der Waals surface area contributed by atoms with Gasteiger partial charge in [-0.3, -0.25) is 34.4 Å². The van der Waals surface area contributed by atoms with Crippen LogP contribution < -0.4 is 5.32 Å². The molecule has 0 bridgehead atoms. The number of hydrogen-bond acceptors (Lipinski definition) is 14. The lowest BCUT2D eigenvalue weighted by Crippen LogP contribution is -2.64.